The van der Waals surface area contributed by atoms with Gasteiger partial charge >= 0.3 is 0 Å². The van der Waals surface area contributed by atoms with E-state index in [9.17, 15) is 4.21 Å². The van der Waals surface area contributed by atoms with Gasteiger partial charge in [-0.3, -0.25) is 4.21 Å². The number of aryl methyl sites for hydroxylation is 1. The molecule has 0 amide bonds. The Hall–Kier alpha value is -0.260. The zero-order chi connectivity index (χ0) is 15.5. The highest BCUT2D eigenvalue weighted by atomic mass is 32.2. The summed E-state index contributed by atoms with van der Waals surface area (Å²) < 4.78 is 11.3. The van der Waals surface area contributed by atoms with Gasteiger partial charge in [0.1, 0.15) is 0 Å². The molecule has 116 valence electrons. The smallest absolute Gasteiger partial charge is 0.0985 e. The fourth-order valence-electron chi connectivity index (χ4n) is 1.89. The predicted octanol–water partition coefficient (Wildman–Crippen LogP) is 3.56. The predicted molar refractivity (Wildman–Crippen MR) is 90.1 cm³/mol. The molecular formula is C15H28N2OS2. The van der Waals surface area contributed by atoms with E-state index in [0.717, 1.165) is 18.7 Å². The SMILES string of the molecule is Cc1nc(C(C)(C)C)sc1C(C)NCCC(C)S(C)=O. The first-order chi connectivity index (χ1) is 9.12. The van der Waals surface area contributed by atoms with Gasteiger partial charge in [-0.15, -0.1) is 11.3 Å². The summed E-state index contributed by atoms with van der Waals surface area (Å²) in [6.45, 7) is 13.8. The van der Waals surface area contributed by atoms with E-state index in [1.165, 1.54) is 9.88 Å². The third-order valence-corrected chi connectivity index (χ3v) is 6.57. The minimum absolute atomic E-state index is 0.112. The largest absolute Gasteiger partial charge is 0.309 e. The molecule has 20 heavy (non-hydrogen) atoms. The second-order valence-electron chi connectivity index (χ2n) is 6.49. The van der Waals surface area contributed by atoms with Crippen LogP contribution < -0.4 is 5.32 Å². The molecule has 0 saturated carbocycles. The van der Waals surface area contributed by atoms with Gasteiger partial charge in [0.05, 0.1) is 10.7 Å². The van der Waals surface area contributed by atoms with Crippen molar-refractivity contribution in [3.05, 3.63) is 15.6 Å². The summed E-state index contributed by atoms with van der Waals surface area (Å²) in [5.74, 6) is 0. The number of nitrogens with zero attached hydrogens (tertiary/aromatic N) is 1. The molecule has 0 aliphatic rings. The molecule has 1 rings (SSSR count). The van der Waals surface area contributed by atoms with E-state index in [1.807, 2.05) is 6.92 Å². The van der Waals surface area contributed by atoms with Crippen molar-refractivity contribution in [1.29, 1.82) is 0 Å². The van der Waals surface area contributed by atoms with Crippen LogP contribution in [0.15, 0.2) is 0 Å². The van der Waals surface area contributed by atoms with E-state index in [1.54, 1.807) is 17.6 Å². The van der Waals surface area contributed by atoms with Gasteiger partial charge in [0, 0.05) is 38.6 Å². The summed E-state index contributed by atoms with van der Waals surface area (Å²) in [5.41, 5.74) is 1.24. The van der Waals surface area contributed by atoms with Gasteiger partial charge in [-0.2, -0.15) is 0 Å². The van der Waals surface area contributed by atoms with Crippen molar-refractivity contribution in [3.63, 3.8) is 0 Å². The molecule has 1 aromatic heterocycles. The molecule has 0 fully saturated rings. The molecule has 0 spiro atoms. The molecule has 0 saturated heterocycles. The van der Waals surface area contributed by atoms with E-state index < -0.39 is 10.8 Å². The number of hydrogen-bond donors (Lipinski definition) is 1. The molecule has 3 nitrogen and oxygen atoms in total. The molecule has 0 aliphatic carbocycles. The van der Waals surface area contributed by atoms with Crippen molar-refractivity contribution in [3.8, 4) is 0 Å². The topological polar surface area (TPSA) is 42.0 Å². The van der Waals surface area contributed by atoms with Crippen molar-refractivity contribution in [1.82, 2.24) is 10.3 Å². The van der Waals surface area contributed by atoms with Crippen LogP contribution in [0.2, 0.25) is 0 Å². The van der Waals surface area contributed by atoms with Crippen LogP contribution in [-0.4, -0.2) is 27.2 Å². The first-order valence-corrected chi connectivity index (χ1v) is 9.60. The second-order valence-corrected chi connectivity index (χ2v) is 9.32. The van der Waals surface area contributed by atoms with E-state index in [4.69, 9.17) is 4.98 Å². The van der Waals surface area contributed by atoms with Gasteiger partial charge in [-0.1, -0.05) is 27.7 Å². The summed E-state index contributed by atoms with van der Waals surface area (Å²) in [7, 11) is -0.731. The fourth-order valence-corrected chi connectivity index (χ4v) is 3.49. The van der Waals surface area contributed by atoms with Gasteiger partial charge < -0.3 is 5.32 Å². The molecule has 1 N–H and O–H groups in total. The minimum atomic E-state index is -0.731. The van der Waals surface area contributed by atoms with Gasteiger partial charge in [0.15, 0.2) is 0 Å². The van der Waals surface area contributed by atoms with Gasteiger partial charge in [0.2, 0.25) is 0 Å². The summed E-state index contributed by atoms with van der Waals surface area (Å²) in [4.78, 5) is 6.02. The van der Waals surface area contributed by atoms with Crippen LogP contribution in [0.4, 0.5) is 0 Å². The Labute approximate surface area is 130 Å². The van der Waals surface area contributed by atoms with Crippen LogP contribution in [0.3, 0.4) is 0 Å². The van der Waals surface area contributed by atoms with Crippen molar-refractivity contribution in [2.75, 3.05) is 12.8 Å². The van der Waals surface area contributed by atoms with Crippen molar-refractivity contribution in [2.45, 2.75) is 64.7 Å². The Bertz CT molecular complexity index is 463. The normalized spacial score (nSPS) is 16.9. The molecule has 3 atom stereocenters. The number of aromatic nitrogens is 1. The lowest BCUT2D eigenvalue weighted by Gasteiger charge is -2.15. The third kappa shape index (κ3) is 4.93. The minimum Gasteiger partial charge on any atom is -0.309 e. The standard InChI is InChI=1S/C15H28N2OS2/c1-10(20(7)18)8-9-16-11(2)13-12(3)17-14(19-13)15(4,5)6/h10-11,16H,8-9H2,1-7H3. The van der Waals surface area contributed by atoms with Crippen molar-refractivity contribution in [2.24, 2.45) is 0 Å². The number of nitrogens with one attached hydrogen (secondary N) is 1. The van der Waals surface area contributed by atoms with Crippen LogP contribution >= 0.6 is 11.3 Å². The molecule has 0 aliphatic heterocycles. The summed E-state index contributed by atoms with van der Waals surface area (Å²) >= 11 is 1.81. The Kier molecular flexibility index (Phi) is 6.35. The van der Waals surface area contributed by atoms with E-state index in [-0.39, 0.29) is 10.7 Å². The highest BCUT2D eigenvalue weighted by Crippen LogP contribution is 2.32. The maximum absolute atomic E-state index is 11.3. The zero-order valence-corrected chi connectivity index (χ0v) is 15.4. The van der Waals surface area contributed by atoms with E-state index in [2.05, 4.69) is 39.9 Å². The van der Waals surface area contributed by atoms with Crippen LogP contribution in [0, 0.1) is 6.92 Å². The van der Waals surface area contributed by atoms with E-state index in [0.29, 0.717) is 6.04 Å². The highest BCUT2D eigenvalue weighted by molar-refractivity contribution is 7.84. The van der Waals surface area contributed by atoms with Crippen molar-refractivity contribution >= 4 is 22.1 Å². The lowest BCUT2D eigenvalue weighted by atomic mass is 9.98. The zero-order valence-electron chi connectivity index (χ0n) is 13.7. The second kappa shape index (κ2) is 7.14. The average Bonchev–Trinajstić information content (AvgIpc) is 2.70. The van der Waals surface area contributed by atoms with Gasteiger partial charge in [-0.25, -0.2) is 4.98 Å². The summed E-state index contributed by atoms with van der Waals surface area (Å²) in [6.07, 6.45) is 2.72. The third-order valence-electron chi connectivity index (χ3n) is 3.44. The van der Waals surface area contributed by atoms with E-state index >= 15 is 0 Å². The first kappa shape index (κ1) is 17.8. The van der Waals surface area contributed by atoms with Gasteiger partial charge in [0.25, 0.3) is 0 Å². The quantitative estimate of drug-likeness (QED) is 0.872. The number of rotatable bonds is 6. The van der Waals surface area contributed by atoms with Gasteiger partial charge in [-0.05, 0) is 26.8 Å². The lowest BCUT2D eigenvalue weighted by molar-refractivity contribution is 0.557. The van der Waals surface area contributed by atoms with Crippen LogP contribution in [0.5, 0.6) is 0 Å². The van der Waals surface area contributed by atoms with Crippen LogP contribution in [0.1, 0.15) is 62.7 Å². The Morgan fingerprint density at radius 2 is 1.95 bits per heavy atom. The van der Waals surface area contributed by atoms with Crippen molar-refractivity contribution < 1.29 is 4.21 Å². The molecule has 1 aromatic rings. The average molecular weight is 317 g/mol. The molecule has 5 heteroatoms. The molecule has 1 heterocycles. The molecule has 0 aromatic carbocycles. The monoisotopic (exact) mass is 316 g/mol. The fraction of sp³-hybridized carbons (Fsp3) is 0.800. The Morgan fingerprint density at radius 1 is 1.35 bits per heavy atom. The number of hydrogen-bond acceptors (Lipinski definition) is 4. The lowest BCUT2D eigenvalue weighted by Crippen LogP contribution is -2.24. The summed E-state index contributed by atoms with van der Waals surface area (Å²) in [5, 5.41) is 4.97. The number of thiazole rings is 1. The van der Waals surface area contributed by atoms with Crippen LogP contribution in [0.25, 0.3) is 0 Å². The Morgan fingerprint density at radius 3 is 2.40 bits per heavy atom. The Balaban J connectivity index is 2.62. The molecule has 0 bridgehead atoms. The molecule has 3 unspecified atom stereocenters. The molecule has 0 radical (unpaired) electrons. The summed E-state index contributed by atoms with van der Waals surface area (Å²) in [6, 6.07) is 0.307. The van der Waals surface area contributed by atoms with Crippen LogP contribution in [-0.2, 0) is 16.2 Å². The highest BCUT2D eigenvalue weighted by Gasteiger charge is 2.22. The maximum atomic E-state index is 11.3. The maximum Gasteiger partial charge on any atom is 0.0985 e. The first-order valence-electron chi connectivity index (χ1n) is 7.16. The molecular weight excluding hydrogens is 288 g/mol.